The molecule has 0 aliphatic heterocycles. The van der Waals surface area contributed by atoms with Crippen LogP contribution in [0.25, 0.3) is 0 Å². The minimum Gasteiger partial charge on any atom is -0.480 e. The van der Waals surface area contributed by atoms with E-state index in [0.29, 0.717) is 30.1 Å². The number of nitrogens with one attached hydrogen (secondary N) is 2. The summed E-state index contributed by atoms with van der Waals surface area (Å²) in [6.07, 6.45) is 1.41. The van der Waals surface area contributed by atoms with E-state index in [4.69, 9.17) is 4.74 Å². The van der Waals surface area contributed by atoms with Crippen LogP contribution in [0.4, 0.5) is 11.4 Å². The topological polar surface area (TPSA) is 67.4 Å². The van der Waals surface area contributed by atoms with Crippen LogP contribution in [-0.2, 0) is 9.59 Å². The SMILES string of the molecule is CCC(=O)Nc1ccc(NC(=O)C(CC)Oc2ccccc2C(C)CC)cc1. The second-order valence-corrected chi connectivity index (χ2v) is 6.83. The van der Waals surface area contributed by atoms with E-state index in [1.54, 1.807) is 31.2 Å². The van der Waals surface area contributed by atoms with Gasteiger partial charge in [-0.1, -0.05) is 45.9 Å². The van der Waals surface area contributed by atoms with Crippen molar-refractivity contribution in [2.75, 3.05) is 10.6 Å². The van der Waals surface area contributed by atoms with Crippen LogP contribution in [0.15, 0.2) is 48.5 Å². The van der Waals surface area contributed by atoms with Gasteiger partial charge in [0.25, 0.3) is 5.91 Å². The Kier molecular flexibility index (Phi) is 8.05. The van der Waals surface area contributed by atoms with Gasteiger partial charge in [-0.05, 0) is 54.7 Å². The molecule has 0 heterocycles. The lowest BCUT2D eigenvalue weighted by molar-refractivity contribution is -0.122. The maximum Gasteiger partial charge on any atom is 0.265 e. The Bertz CT molecular complexity index is 787. The normalized spacial score (nSPS) is 12.7. The van der Waals surface area contributed by atoms with Crippen molar-refractivity contribution in [1.82, 2.24) is 0 Å². The van der Waals surface area contributed by atoms with Gasteiger partial charge in [0.05, 0.1) is 0 Å². The highest BCUT2D eigenvalue weighted by Gasteiger charge is 2.21. The molecule has 0 radical (unpaired) electrons. The van der Waals surface area contributed by atoms with Crippen molar-refractivity contribution in [3.05, 3.63) is 54.1 Å². The summed E-state index contributed by atoms with van der Waals surface area (Å²) in [5, 5.41) is 5.68. The molecule has 28 heavy (non-hydrogen) atoms. The third kappa shape index (κ3) is 5.84. The Morgan fingerprint density at radius 1 is 0.893 bits per heavy atom. The molecule has 150 valence electrons. The molecule has 2 aromatic rings. The average Bonchev–Trinajstić information content (AvgIpc) is 2.72. The van der Waals surface area contributed by atoms with Gasteiger partial charge in [-0.3, -0.25) is 9.59 Å². The number of rotatable bonds is 9. The zero-order valence-electron chi connectivity index (χ0n) is 17.1. The summed E-state index contributed by atoms with van der Waals surface area (Å²) < 4.78 is 6.07. The Morgan fingerprint density at radius 3 is 2.07 bits per heavy atom. The monoisotopic (exact) mass is 382 g/mol. The number of amides is 2. The van der Waals surface area contributed by atoms with E-state index >= 15 is 0 Å². The molecule has 2 aromatic carbocycles. The van der Waals surface area contributed by atoms with E-state index in [9.17, 15) is 9.59 Å². The molecular formula is C23H30N2O3. The first-order valence-corrected chi connectivity index (χ1v) is 9.94. The van der Waals surface area contributed by atoms with Crippen molar-refractivity contribution in [2.45, 2.75) is 59.0 Å². The van der Waals surface area contributed by atoms with Gasteiger partial charge in [0.15, 0.2) is 6.10 Å². The standard InChI is InChI=1S/C23H30N2O3/c1-5-16(4)19-10-8-9-11-21(19)28-20(6-2)23(27)25-18-14-12-17(13-15-18)24-22(26)7-3/h8-16,20H,5-7H2,1-4H3,(H,24,26)(H,25,27). The van der Waals surface area contributed by atoms with Crippen molar-refractivity contribution < 1.29 is 14.3 Å². The number of anilines is 2. The molecule has 0 aromatic heterocycles. The highest BCUT2D eigenvalue weighted by Crippen LogP contribution is 2.29. The number of hydrogen-bond acceptors (Lipinski definition) is 3. The van der Waals surface area contributed by atoms with Gasteiger partial charge in [-0.25, -0.2) is 0 Å². The Balaban J connectivity index is 2.05. The lowest BCUT2D eigenvalue weighted by Crippen LogP contribution is -2.32. The third-order valence-electron chi connectivity index (χ3n) is 4.75. The third-order valence-corrected chi connectivity index (χ3v) is 4.75. The predicted molar refractivity (Wildman–Crippen MR) is 114 cm³/mol. The van der Waals surface area contributed by atoms with E-state index in [-0.39, 0.29) is 11.8 Å². The zero-order valence-corrected chi connectivity index (χ0v) is 17.1. The van der Waals surface area contributed by atoms with Crippen LogP contribution in [0.5, 0.6) is 5.75 Å². The Morgan fingerprint density at radius 2 is 1.50 bits per heavy atom. The molecule has 2 amide bonds. The van der Waals surface area contributed by atoms with E-state index < -0.39 is 6.10 Å². The molecule has 2 N–H and O–H groups in total. The highest BCUT2D eigenvalue weighted by molar-refractivity contribution is 5.95. The molecule has 0 saturated heterocycles. The van der Waals surface area contributed by atoms with E-state index in [2.05, 4.69) is 30.5 Å². The van der Waals surface area contributed by atoms with E-state index in [1.807, 2.05) is 25.1 Å². The van der Waals surface area contributed by atoms with Crippen LogP contribution < -0.4 is 15.4 Å². The number of hydrogen-bond donors (Lipinski definition) is 2. The summed E-state index contributed by atoms with van der Waals surface area (Å²) in [6.45, 7) is 8.02. The van der Waals surface area contributed by atoms with Gasteiger partial charge in [0.2, 0.25) is 5.91 Å². The summed E-state index contributed by atoms with van der Waals surface area (Å²) in [4.78, 5) is 24.1. The van der Waals surface area contributed by atoms with Gasteiger partial charge >= 0.3 is 0 Å². The Labute approximate surface area is 167 Å². The van der Waals surface area contributed by atoms with Crippen LogP contribution in [0.2, 0.25) is 0 Å². The molecule has 0 saturated carbocycles. The van der Waals surface area contributed by atoms with Gasteiger partial charge in [-0.2, -0.15) is 0 Å². The molecule has 2 rings (SSSR count). The van der Waals surface area contributed by atoms with Crippen LogP contribution in [0.3, 0.4) is 0 Å². The first kappa shape index (κ1) is 21.5. The molecule has 2 atom stereocenters. The number of para-hydroxylation sites is 1. The molecule has 5 heteroatoms. The maximum absolute atomic E-state index is 12.7. The van der Waals surface area contributed by atoms with Gasteiger partial charge < -0.3 is 15.4 Å². The molecule has 0 aliphatic carbocycles. The summed E-state index contributed by atoms with van der Waals surface area (Å²) in [5.74, 6) is 0.891. The minimum absolute atomic E-state index is 0.0452. The van der Waals surface area contributed by atoms with Crippen LogP contribution >= 0.6 is 0 Å². The summed E-state index contributed by atoms with van der Waals surface area (Å²) in [7, 11) is 0. The highest BCUT2D eigenvalue weighted by atomic mass is 16.5. The smallest absolute Gasteiger partial charge is 0.265 e. The lowest BCUT2D eigenvalue weighted by Gasteiger charge is -2.21. The fraction of sp³-hybridized carbons (Fsp3) is 0.391. The zero-order chi connectivity index (χ0) is 20.5. The molecular weight excluding hydrogens is 352 g/mol. The van der Waals surface area contributed by atoms with Crippen LogP contribution in [0.1, 0.15) is 58.4 Å². The fourth-order valence-electron chi connectivity index (χ4n) is 2.80. The summed E-state index contributed by atoms with van der Waals surface area (Å²) in [6, 6.07) is 15.0. The Hall–Kier alpha value is -2.82. The minimum atomic E-state index is -0.579. The van der Waals surface area contributed by atoms with Crippen molar-refractivity contribution in [2.24, 2.45) is 0 Å². The second kappa shape index (κ2) is 10.5. The number of ether oxygens (including phenoxy) is 1. The van der Waals surface area contributed by atoms with Crippen molar-refractivity contribution in [3.63, 3.8) is 0 Å². The first-order valence-electron chi connectivity index (χ1n) is 9.94. The predicted octanol–water partition coefficient (Wildman–Crippen LogP) is 5.34. The number of carbonyl (C=O) groups excluding carboxylic acids is 2. The second-order valence-electron chi connectivity index (χ2n) is 6.83. The molecule has 0 spiro atoms. The van der Waals surface area contributed by atoms with Crippen LogP contribution in [0, 0.1) is 0 Å². The van der Waals surface area contributed by atoms with E-state index in [1.165, 1.54) is 0 Å². The number of carbonyl (C=O) groups is 2. The molecule has 2 unspecified atom stereocenters. The van der Waals surface area contributed by atoms with Crippen molar-refractivity contribution >= 4 is 23.2 Å². The average molecular weight is 383 g/mol. The van der Waals surface area contributed by atoms with Crippen molar-refractivity contribution in [3.8, 4) is 5.75 Å². The van der Waals surface area contributed by atoms with Crippen LogP contribution in [-0.4, -0.2) is 17.9 Å². The maximum atomic E-state index is 12.7. The van der Waals surface area contributed by atoms with Gasteiger partial charge in [0, 0.05) is 17.8 Å². The quantitative estimate of drug-likeness (QED) is 0.615. The molecule has 5 nitrogen and oxygen atoms in total. The fourth-order valence-corrected chi connectivity index (χ4v) is 2.80. The summed E-state index contributed by atoms with van der Waals surface area (Å²) >= 11 is 0. The van der Waals surface area contributed by atoms with Gasteiger partial charge in [0.1, 0.15) is 5.75 Å². The largest absolute Gasteiger partial charge is 0.480 e. The lowest BCUT2D eigenvalue weighted by atomic mass is 9.98. The van der Waals surface area contributed by atoms with Gasteiger partial charge in [-0.15, -0.1) is 0 Å². The van der Waals surface area contributed by atoms with E-state index in [0.717, 1.165) is 17.7 Å². The molecule has 0 aliphatic rings. The molecule has 0 bridgehead atoms. The van der Waals surface area contributed by atoms with Crippen molar-refractivity contribution in [1.29, 1.82) is 0 Å². The number of benzene rings is 2. The summed E-state index contributed by atoms with van der Waals surface area (Å²) in [5.41, 5.74) is 2.49. The molecule has 0 fully saturated rings. The first-order chi connectivity index (χ1) is 13.5.